The van der Waals surface area contributed by atoms with Crippen LogP contribution in [0, 0.1) is 34.5 Å². The number of carbonyl (C=O) groups excluding carboxylic acids is 2. The van der Waals surface area contributed by atoms with Crippen molar-refractivity contribution in [1.29, 1.82) is 0 Å². The quantitative estimate of drug-likeness (QED) is 0.510. The van der Waals surface area contributed by atoms with E-state index in [-0.39, 0.29) is 64.4 Å². The van der Waals surface area contributed by atoms with Gasteiger partial charge in [0.15, 0.2) is 11.6 Å². The number of hydrogen-bond donors (Lipinski definition) is 3. The number of carbonyl (C=O) groups is 2. The van der Waals surface area contributed by atoms with Crippen LogP contribution in [0.4, 0.5) is 0 Å². The second-order valence-electron chi connectivity index (χ2n) is 9.72. The summed E-state index contributed by atoms with van der Waals surface area (Å²) in [6, 6.07) is 0. The molecule has 0 amide bonds. The average molecular weight is 397 g/mol. The fourth-order valence-electron chi connectivity index (χ4n) is 7.34. The van der Waals surface area contributed by atoms with Crippen LogP contribution < -0.4 is 29.6 Å². The molecule has 8 atom stereocenters. The molecule has 28 heavy (non-hydrogen) atoms. The largest absolute Gasteiger partial charge is 1.00 e. The molecule has 0 saturated heterocycles. The average Bonchev–Trinajstić information content (AvgIpc) is 2.87. The first kappa shape index (κ1) is 22.4. The van der Waals surface area contributed by atoms with Gasteiger partial charge in [0.05, 0.1) is 6.10 Å². The maximum absolute atomic E-state index is 12.4. The van der Waals surface area contributed by atoms with E-state index in [1.165, 1.54) is 0 Å². The summed E-state index contributed by atoms with van der Waals surface area (Å²) in [5, 5.41) is 31.9. The monoisotopic (exact) mass is 397 g/mol. The Hall–Kier alpha value is -0.300. The van der Waals surface area contributed by atoms with Gasteiger partial charge in [-0.3, -0.25) is 9.59 Å². The van der Waals surface area contributed by atoms with Gasteiger partial charge in [0, 0.05) is 16.7 Å². The van der Waals surface area contributed by atoms with Crippen LogP contribution in [0.5, 0.6) is 0 Å². The summed E-state index contributed by atoms with van der Waals surface area (Å²) in [5.41, 5.74) is -1.59. The van der Waals surface area contributed by atoms with E-state index in [0.717, 1.165) is 18.4 Å². The number of rotatable bonds is 2. The van der Waals surface area contributed by atoms with Crippen molar-refractivity contribution < 1.29 is 54.5 Å². The number of aliphatic hydroxyl groups is 3. The van der Waals surface area contributed by atoms with Crippen molar-refractivity contribution in [3.8, 4) is 0 Å². The predicted molar refractivity (Wildman–Crippen MR) is 99.6 cm³/mol. The van der Waals surface area contributed by atoms with Crippen molar-refractivity contribution >= 4 is 11.6 Å². The van der Waals surface area contributed by atoms with Crippen molar-refractivity contribution in [1.82, 2.24) is 0 Å². The standard InChI is InChI=1S/C22H30O5.Na/c1-12-8-14-15-5-7-22(27,18(26)11-23)21(15,3)10-17(25)19(14)20(2)6-4-13(24)9-16(12)20;/h4,6,9,12,14-15,17,19,23,25,27H,5,7-8,10-11H2,1-3H3;/q;+1/t12-,14-,15-,17-,19+,20-,21-,22-;/m0./s1. The van der Waals surface area contributed by atoms with Crippen molar-refractivity contribution in [2.45, 2.75) is 58.2 Å². The van der Waals surface area contributed by atoms with Crippen LogP contribution in [-0.2, 0) is 9.59 Å². The maximum Gasteiger partial charge on any atom is 1.00 e. The van der Waals surface area contributed by atoms with E-state index >= 15 is 0 Å². The molecule has 6 heteroatoms. The zero-order valence-corrected chi connectivity index (χ0v) is 19.3. The minimum Gasteiger partial charge on any atom is -0.393 e. The van der Waals surface area contributed by atoms with Crippen LogP contribution in [0.25, 0.3) is 0 Å². The minimum atomic E-state index is -1.57. The molecule has 3 saturated carbocycles. The van der Waals surface area contributed by atoms with Crippen molar-refractivity contribution in [2.75, 3.05) is 6.61 Å². The van der Waals surface area contributed by atoms with Gasteiger partial charge >= 0.3 is 29.6 Å². The van der Waals surface area contributed by atoms with Crippen molar-refractivity contribution in [2.24, 2.45) is 34.5 Å². The van der Waals surface area contributed by atoms with E-state index < -0.39 is 29.5 Å². The number of fused-ring (bicyclic) bond motifs is 5. The maximum atomic E-state index is 12.4. The summed E-state index contributed by atoms with van der Waals surface area (Å²) < 4.78 is 0. The predicted octanol–water partition coefficient (Wildman–Crippen LogP) is -1.19. The van der Waals surface area contributed by atoms with Gasteiger partial charge in [-0.25, -0.2) is 0 Å². The van der Waals surface area contributed by atoms with E-state index in [4.69, 9.17) is 0 Å². The zero-order valence-electron chi connectivity index (χ0n) is 17.3. The topological polar surface area (TPSA) is 94.8 Å². The summed E-state index contributed by atoms with van der Waals surface area (Å²) in [6.45, 7) is 5.48. The molecule has 0 aliphatic heterocycles. The first-order valence-electron chi connectivity index (χ1n) is 10.1. The smallest absolute Gasteiger partial charge is 0.393 e. The van der Waals surface area contributed by atoms with E-state index in [2.05, 4.69) is 13.8 Å². The molecule has 4 rings (SSSR count). The third kappa shape index (κ3) is 2.74. The molecule has 0 unspecified atom stereocenters. The number of allylic oxidation sites excluding steroid dienone is 4. The van der Waals surface area contributed by atoms with Gasteiger partial charge in [-0.1, -0.05) is 32.4 Å². The Morgan fingerprint density at radius 3 is 2.64 bits per heavy atom. The van der Waals surface area contributed by atoms with Crippen LogP contribution >= 0.6 is 0 Å². The zero-order chi connectivity index (χ0) is 19.8. The molecule has 0 radical (unpaired) electrons. The molecule has 0 heterocycles. The SMILES string of the molecule is C[C@H]1C[C@@H]2[C@H]([C@@H](O)C[C@@]3(C)[C@H]2CC[C@]3(O)C(=O)CO)[C@@]2(C)C=CC(=O)C=C12.[Na+]. The van der Waals surface area contributed by atoms with E-state index in [1.54, 1.807) is 12.2 Å². The number of hydrogen-bond acceptors (Lipinski definition) is 5. The normalized spacial score (nSPS) is 49.4. The van der Waals surface area contributed by atoms with Crippen LogP contribution in [0.3, 0.4) is 0 Å². The third-order valence-corrected chi connectivity index (χ3v) is 8.57. The number of ketones is 2. The molecule has 0 aromatic rings. The van der Waals surface area contributed by atoms with Crippen LogP contribution in [0.15, 0.2) is 23.8 Å². The molecule has 0 aromatic heterocycles. The van der Waals surface area contributed by atoms with E-state index in [0.29, 0.717) is 12.8 Å². The summed E-state index contributed by atoms with van der Waals surface area (Å²) in [7, 11) is 0. The Kier molecular flexibility index (Phi) is 5.71. The molecular formula is C22H30NaO5+. The number of aliphatic hydroxyl groups excluding tert-OH is 2. The van der Waals surface area contributed by atoms with Gasteiger partial charge in [0.2, 0.25) is 0 Å². The van der Waals surface area contributed by atoms with Crippen molar-refractivity contribution in [3.63, 3.8) is 0 Å². The molecule has 3 N–H and O–H groups in total. The first-order chi connectivity index (χ1) is 12.6. The van der Waals surface area contributed by atoms with Gasteiger partial charge < -0.3 is 15.3 Å². The van der Waals surface area contributed by atoms with Gasteiger partial charge in [0.25, 0.3) is 0 Å². The Morgan fingerprint density at radius 2 is 2.00 bits per heavy atom. The molecule has 3 fully saturated rings. The van der Waals surface area contributed by atoms with E-state index in [9.17, 15) is 24.9 Å². The van der Waals surface area contributed by atoms with Crippen LogP contribution in [0.2, 0.25) is 0 Å². The Labute approximate surface area is 188 Å². The second kappa shape index (κ2) is 7.14. The van der Waals surface area contributed by atoms with Gasteiger partial charge in [-0.05, 0) is 55.6 Å². The summed E-state index contributed by atoms with van der Waals surface area (Å²) in [4.78, 5) is 24.4. The molecule has 0 bridgehead atoms. The van der Waals surface area contributed by atoms with Gasteiger partial charge in [0.1, 0.15) is 12.2 Å². The summed E-state index contributed by atoms with van der Waals surface area (Å²) >= 11 is 0. The first-order valence-corrected chi connectivity index (χ1v) is 10.1. The molecule has 148 valence electrons. The van der Waals surface area contributed by atoms with Gasteiger partial charge in [-0.2, -0.15) is 0 Å². The number of Topliss-reactive ketones (excluding diaryl/α,β-unsaturated/α-hetero) is 1. The Morgan fingerprint density at radius 1 is 1.32 bits per heavy atom. The van der Waals surface area contributed by atoms with Crippen LogP contribution in [0.1, 0.15) is 46.5 Å². The second-order valence-corrected chi connectivity index (χ2v) is 9.72. The fraction of sp³-hybridized carbons (Fsp3) is 0.727. The minimum absolute atomic E-state index is 0. The molecular weight excluding hydrogens is 367 g/mol. The van der Waals surface area contributed by atoms with Crippen LogP contribution in [-0.4, -0.2) is 45.2 Å². The molecule has 4 aliphatic rings. The Bertz CT molecular complexity index is 760. The Balaban J connectivity index is 0.00000225. The molecule has 0 aromatic carbocycles. The van der Waals surface area contributed by atoms with Gasteiger partial charge in [-0.15, -0.1) is 0 Å². The third-order valence-electron chi connectivity index (χ3n) is 8.57. The summed E-state index contributed by atoms with van der Waals surface area (Å²) in [6.07, 6.45) is 6.87. The molecule has 0 spiro atoms. The molecule has 4 aliphatic carbocycles. The van der Waals surface area contributed by atoms with Crippen molar-refractivity contribution in [3.05, 3.63) is 23.8 Å². The fourth-order valence-corrected chi connectivity index (χ4v) is 7.34. The van der Waals surface area contributed by atoms with E-state index in [1.807, 2.05) is 13.0 Å². The molecule has 5 nitrogen and oxygen atoms in total. The summed E-state index contributed by atoms with van der Waals surface area (Å²) in [5.74, 6) is -0.0768.